The van der Waals surface area contributed by atoms with E-state index in [1.807, 2.05) is 17.7 Å². The van der Waals surface area contributed by atoms with Crippen LogP contribution in [0.2, 0.25) is 0 Å². The summed E-state index contributed by atoms with van der Waals surface area (Å²) in [4.78, 5) is 3.89. The smallest absolute Gasteiger partial charge is 0.0948 e. The number of hydrogen-bond donors (Lipinski definition) is 0. The summed E-state index contributed by atoms with van der Waals surface area (Å²) in [5.74, 6) is 0. The Morgan fingerprint density at radius 1 is 1.70 bits per heavy atom. The molecule has 3 nitrogen and oxygen atoms in total. The summed E-state index contributed by atoms with van der Waals surface area (Å²) in [6.07, 6.45) is 6.01. The van der Waals surface area contributed by atoms with E-state index in [2.05, 4.69) is 4.98 Å². The van der Waals surface area contributed by atoms with Crippen molar-refractivity contribution >= 4 is 0 Å². The first-order chi connectivity index (χ1) is 4.84. The van der Waals surface area contributed by atoms with Gasteiger partial charge in [-0.2, -0.15) is 0 Å². The Bertz CT molecular complexity index is 172. The topological polar surface area (TPSA) is 37.7 Å². The average Bonchev–Trinajstić information content (AvgIpc) is 2.38. The molecule has 0 aromatic carbocycles. The van der Waals surface area contributed by atoms with Gasteiger partial charge in [-0.15, -0.1) is 0 Å². The molecule has 0 spiro atoms. The maximum absolute atomic E-state index is 10.2. The monoisotopic (exact) mass is 139 g/mol. The molecule has 1 rings (SSSR count). The summed E-state index contributed by atoms with van der Waals surface area (Å²) < 4.78 is 1.94. The Morgan fingerprint density at radius 2 is 2.50 bits per heavy atom. The summed E-state index contributed by atoms with van der Waals surface area (Å²) in [5, 5.41) is 10.2. The maximum Gasteiger partial charge on any atom is 0.0948 e. The largest absolute Gasteiger partial charge is 0.335 e. The van der Waals surface area contributed by atoms with E-state index in [0.29, 0.717) is 12.5 Å². The van der Waals surface area contributed by atoms with Crippen LogP contribution >= 0.6 is 0 Å². The molecule has 10 heavy (non-hydrogen) atoms. The Kier molecular flexibility index (Phi) is 2.45. The van der Waals surface area contributed by atoms with Crippen molar-refractivity contribution in [2.75, 3.05) is 6.61 Å². The van der Waals surface area contributed by atoms with E-state index < -0.39 is 0 Å². The number of hydrogen-bond acceptors (Lipinski definition) is 1. The molecule has 0 N–H and O–H groups in total. The lowest BCUT2D eigenvalue weighted by molar-refractivity contribution is 0.174. The molecule has 1 unspecified atom stereocenters. The van der Waals surface area contributed by atoms with E-state index in [1.54, 1.807) is 12.5 Å². The van der Waals surface area contributed by atoms with E-state index in [0.717, 1.165) is 0 Å². The predicted molar refractivity (Wildman–Crippen MR) is 37.1 cm³/mol. The first-order valence-corrected chi connectivity index (χ1v) is 3.40. The highest BCUT2D eigenvalue weighted by molar-refractivity contribution is 4.78. The van der Waals surface area contributed by atoms with Gasteiger partial charge in [-0.25, -0.2) is 10.1 Å². The van der Waals surface area contributed by atoms with Gasteiger partial charge >= 0.3 is 0 Å². The second kappa shape index (κ2) is 3.37. The zero-order valence-corrected chi connectivity index (χ0v) is 6.03. The van der Waals surface area contributed by atoms with Crippen LogP contribution in [-0.2, 0) is 5.11 Å². The molecule has 0 saturated carbocycles. The number of rotatable bonds is 3. The van der Waals surface area contributed by atoms with E-state index in [-0.39, 0.29) is 6.61 Å². The van der Waals surface area contributed by atoms with Crippen LogP contribution in [-0.4, -0.2) is 16.2 Å². The van der Waals surface area contributed by atoms with Crippen molar-refractivity contribution in [1.29, 1.82) is 0 Å². The van der Waals surface area contributed by atoms with E-state index in [1.165, 1.54) is 0 Å². The molecular weight excluding hydrogens is 128 g/mol. The molecule has 1 radical (unpaired) electrons. The van der Waals surface area contributed by atoms with Crippen molar-refractivity contribution < 1.29 is 5.11 Å². The van der Waals surface area contributed by atoms with Gasteiger partial charge in [0.15, 0.2) is 0 Å². The average molecular weight is 139 g/mol. The highest BCUT2D eigenvalue weighted by atomic mass is 16.3. The van der Waals surface area contributed by atoms with Gasteiger partial charge in [0.25, 0.3) is 0 Å². The summed E-state index contributed by atoms with van der Waals surface area (Å²) in [7, 11) is 0. The van der Waals surface area contributed by atoms with Crippen LogP contribution < -0.4 is 0 Å². The van der Waals surface area contributed by atoms with Gasteiger partial charge in [0, 0.05) is 18.4 Å². The van der Waals surface area contributed by atoms with Crippen LogP contribution in [0, 0.1) is 0 Å². The maximum atomic E-state index is 10.2. The van der Waals surface area contributed by atoms with Gasteiger partial charge in [-0.05, 0) is 13.3 Å². The van der Waals surface area contributed by atoms with Crippen molar-refractivity contribution in [2.45, 2.75) is 19.4 Å². The molecule has 1 atom stereocenters. The first kappa shape index (κ1) is 7.28. The Morgan fingerprint density at radius 3 is 3.00 bits per heavy atom. The van der Waals surface area contributed by atoms with E-state index in [9.17, 15) is 5.11 Å². The van der Waals surface area contributed by atoms with Crippen molar-refractivity contribution in [3.05, 3.63) is 18.7 Å². The molecule has 0 aliphatic carbocycles. The molecule has 0 amide bonds. The highest BCUT2D eigenvalue weighted by Gasteiger charge is 2.00. The molecule has 1 aromatic heterocycles. The quantitative estimate of drug-likeness (QED) is 0.621. The van der Waals surface area contributed by atoms with Crippen LogP contribution in [0.4, 0.5) is 0 Å². The zero-order valence-electron chi connectivity index (χ0n) is 6.03. The van der Waals surface area contributed by atoms with E-state index >= 15 is 0 Å². The fourth-order valence-electron chi connectivity index (χ4n) is 0.850. The van der Waals surface area contributed by atoms with Crippen molar-refractivity contribution in [3.8, 4) is 0 Å². The van der Waals surface area contributed by atoms with Gasteiger partial charge in [0.1, 0.15) is 0 Å². The predicted octanol–water partition coefficient (Wildman–Crippen LogP) is 1.26. The van der Waals surface area contributed by atoms with Gasteiger partial charge in [0.2, 0.25) is 0 Å². The third-order valence-corrected chi connectivity index (χ3v) is 1.57. The van der Waals surface area contributed by atoms with Gasteiger partial charge in [0.05, 0.1) is 12.9 Å². The fourth-order valence-corrected chi connectivity index (χ4v) is 0.850. The second-order valence-corrected chi connectivity index (χ2v) is 2.35. The molecule has 55 valence electrons. The summed E-state index contributed by atoms with van der Waals surface area (Å²) in [5.41, 5.74) is 0. The van der Waals surface area contributed by atoms with Gasteiger partial charge < -0.3 is 4.57 Å². The fraction of sp³-hybridized carbons (Fsp3) is 0.571. The lowest BCUT2D eigenvalue weighted by Gasteiger charge is -2.09. The molecule has 0 fully saturated rings. The molecule has 0 saturated heterocycles. The van der Waals surface area contributed by atoms with Crippen LogP contribution in [0.15, 0.2) is 18.7 Å². The van der Waals surface area contributed by atoms with Crippen molar-refractivity contribution in [1.82, 2.24) is 9.55 Å². The normalized spacial score (nSPS) is 13.4. The van der Waals surface area contributed by atoms with Crippen LogP contribution in [0.3, 0.4) is 0 Å². The van der Waals surface area contributed by atoms with Crippen LogP contribution in [0.1, 0.15) is 19.4 Å². The molecule has 0 aliphatic rings. The second-order valence-electron chi connectivity index (χ2n) is 2.35. The van der Waals surface area contributed by atoms with Gasteiger partial charge in [-0.3, -0.25) is 0 Å². The SMILES string of the molecule is CC(CC[O])n1ccnc1. The number of nitrogens with zero attached hydrogens (tertiary/aromatic N) is 2. The summed E-state index contributed by atoms with van der Waals surface area (Å²) >= 11 is 0. The van der Waals surface area contributed by atoms with Crippen LogP contribution in [0.25, 0.3) is 0 Å². The molecule has 0 bridgehead atoms. The standard InChI is InChI=1S/C7H11N2O/c1-7(2-5-10)9-4-3-8-6-9/h3-4,6-7H,2,5H2,1H3. The van der Waals surface area contributed by atoms with Crippen molar-refractivity contribution in [3.63, 3.8) is 0 Å². The summed E-state index contributed by atoms with van der Waals surface area (Å²) in [6.45, 7) is 2.00. The molecular formula is C7H11N2O. The molecule has 3 heteroatoms. The first-order valence-electron chi connectivity index (χ1n) is 3.40. The molecule has 1 heterocycles. The summed E-state index contributed by atoms with van der Waals surface area (Å²) in [6, 6.07) is 0.292. The Hall–Kier alpha value is -0.830. The van der Waals surface area contributed by atoms with Crippen molar-refractivity contribution in [2.24, 2.45) is 0 Å². The number of aromatic nitrogens is 2. The molecule has 1 aromatic rings. The lowest BCUT2D eigenvalue weighted by atomic mass is 10.2. The highest BCUT2D eigenvalue weighted by Crippen LogP contribution is 2.07. The van der Waals surface area contributed by atoms with Crippen LogP contribution in [0.5, 0.6) is 0 Å². The van der Waals surface area contributed by atoms with E-state index in [4.69, 9.17) is 0 Å². The van der Waals surface area contributed by atoms with Gasteiger partial charge in [-0.1, -0.05) is 0 Å². The minimum Gasteiger partial charge on any atom is -0.335 e. The zero-order chi connectivity index (χ0) is 7.40. The third-order valence-electron chi connectivity index (χ3n) is 1.57. The lowest BCUT2D eigenvalue weighted by Crippen LogP contribution is -2.03. The molecule has 0 aliphatic heterocycles. The minimum atomic E-state index is -0.0145. The minimum absolute atomic E-state index is 0.0145. The number of imidazole rings is 1. The Balaban J connectivity index is 2.50. The third kappa shape index (κ3) is 1.57. The Labute approximate surface area is 60.3 Å².